The van der Waals surface area contributed by atoms with E-state index < -0.39 is 0 Å². The monoisotopic (exact) mass is 712 g/mol. The minimum atomic E-state index is 1.16. The van der Waals surface area contributed by atoms with Crippen LogP contribution in [0.4, 0.5) is 0 Å². The standard InChI is InChI=1S/C54H36N2/c1-4-15-37(16-5-1)40-27-31-53-48(34-40)49-35-41(38-17-6-2-7-18-38)28-32-54(49)56(53)50-25-12-10-23-45(50)43-20-14-19-39(33-43)42-29-30-52-47(36-42)46-24-11-13-26-51(46)55(52)44-21-8-3-9-22-44/h1-36H. The third kappa shape index (κ3) is 5.26. The summed E-state index contributed by atoms with van der Waals surface area (Å²) in [7, 11) is 0. The summed E-state index contributed by atoms with van der Waals surface area (Å²) in [5.74, 6) is 0. The lowest BCUT2D eigenvalue weighted by molar-refractivity contribution is 1.18. The van der Waals surface area contributed by atoms with Gasteiger partial charge >= 0.3 is 0 Å². The molecule has 0 fully saturated rings. The number of benzene rings is 9. The van der Waals surface area contributed by atoms with Gasteiger partial charge < -0.3 is 9.13 Å². The van der Waals surface area contributed by atoms with Gasteiger partial charge in [-0.25, -0.2) is 0 Å². The number of nitrogens with zero attached hydrogens (tertiary/aromatic N) is 2. The quantitative estimate of drug-likeness (QED) is 0.162. The van der Waals surface area contributed by atoms with Crippen LogP contribution in [0.5, 0.6) is 0 Å². The Bertz CT molecular complexity index is 3130. The first-order valence-electron chi connectivity index (χ1n) is 19.3. The number of aromatic nitrogens is 2. The van der Waals surface area contributed by atoms with E-state index in [0.29, 0.717) is 0 Å². The molecule has 0 radical (unpaired) electrons. The summed E-state index contributed by atoms with van der Waals surface area (Å²) in [6.07, 6.45) is 0. The number of hydrogen-bond donors (Lipinski definition) is 0. The van der Waals surface area contributed by atoms with Crippen LogP contribution in [0.3, 0.4) is 0 Å². The van der Waals surface area contributed by atoms with Crippen molar-refractivity contribution in [3.05, 3.63) is 218 Å². The molecule has 9 aromatic carbocycles. The lowest BCUT2D eigenvalue weighted by Gasteiger charge is -2.15. The molecule has 262 valence electrons. The lowest BCUT2D eigenvalue weighted by Crippen LogP contribution is -1.97. The molecule has 2 nitrogen and oxygen atoms in total. The van der Waals surface area contributed by atoms with Crippen LogP contribution in [0.15, 0.2) is 218 Å². The van der Waals surface area contributed by atoms with Crippen molar-refractivity contribution in [1.29, 1.82) is 0 Å². The van der Waals surface area contributed by atoms with E-state index in [1.807, 2.05) is 0 Å². The Kier molecular flexibility index (Phi) is 7.53. The molecule has 0 amide bonds. The molecule has 0 saturated heterocycles. The highest BCUT2D eigenvalue weighted by atomic mass is 15.0. The Labute approximate surface area is 325 Å². The van der Waals surface area contributed by atoms with Crippen molar-refractivity contribution in [3.8, 4) is 55.9 Å². The summed E-state index contributed by atoms with van der Waals surface area (Å²) < 4.78 is 4.83. The van der Waals surface area contributed by atoms with Gasteiger partial charge in [0.2, 0.25) is 0 Å². The molecule has 0 aliphatic heterocycles. The molecule has 0 bridgehead atoms. The highest BCUT2D eigenvalue weighted by Crippen LogP contribution is 2.41. The van der Waals surface area contributed by atoms with Gasteiger partial charge in [0, 0.05) is 32.8 Å². The third-order valence-corrected chi connectivity index (χ3v) is 11.3. The fourth-order valence-corrected chi connectivity index (χ4v) is 8.69. The number of hydrogen-bond acceptors (Lipinski definition) is 0. The molecule has 0 aliphatic carbocycles. The van der Waals surface area contributed by atoms with E-state index in [2.05, 4.69) is 228 Å². The van der Waals surface area contributed by atoms with Crippen LogP contribution >= 0.6 is 0 Å². The lowest BCUT2D eigenvalue weighted by atomic mass is 9.97. The third-order valence-electron chi connectivity index (χ3n) is 11.3. The van der Waals surface area contributed by atoms with Crippen molar-refractivity contribution in [2.24, 2.45) is 0 Å². The molecule has 11 rings (SSSR count). The second-order valence-electron chi connectivity index (χ2n) is 14.5. The molecule has 0 saturated carbocycles. The van der Waals surface area contributed by atoms with E-state index in [1.54, 1.807) is 0 Å². The van der Waals surface area contributed by atoms with Gasteiger partial charge in [-0.05, 0) is 106 Å². The van der Waals surface area contributed by atoms with Gasteiger partial charge in [-0.1, -0.05) is 152 Å². The Morgan fingerprint density at radius 3 is 1.30 bits per heavy atom. The summed E-state index contributed by atoms with van der Waals surface area (Å²) in [5, 5.41) is 4.99. The molecule has 2 heteroatoms. The molecule has 0 atom stereocenters. The van der Waals surface area contributed by atoms with Gasteiger partial charge in [0.15, 0.2) is 0 Å². The second-order valence-corrected chi connectivity index (χ2v) is 14.5. The molecule has 0 aliphatic rings. The van der Waals surface area contributed by atoms with Crippen LogP contribution < -0.4 is 0 Å². The van der Waals surface area contributed by atoms with E-state index in [9.17, 15) is 0 Å². The predicted octanol–water partition coefficient (Wildman–Crippen LogP) is 14.5. The number of para-hydroxylation sites is 3. The zero-order chi connectivity index (χ0) is 37.0. The fraction of sp³-hybridized carbons (Fsp3) is 0. The van der Waals surface area contributed by atoms with E-state index in [0.717, 1.165) is 5.69 Å². The predicted molar refractivity (Wildman–Crippen MR) is 237 cm³/mol. The fourth-order valence-electron chi connectivity index (χ4n) is 8.69. The van der Waals surface area contributed by atoms with Gasteiger partial charge in [0.05, 0.1) is 27.8 Å². The Morgan fingerprint density at radius 1 is 0.232 bits per heavy atom. The maximum atomic E-state index is 2.46. The zero-order valence-corrected chi connectivity index (χ0v) is 30.7. The van der Waals surface area contributed by atoms with Gasteiger partial charge in [-0.2, -0.15) is 0 Å². The average Bonchev–Trinajstić information content (AvgIpc) is 3.79. The summed E-state index contributed by atoms with van der Waals surface area (Å²) in [5.41, 5.74) is 16.8. The first kappa shape index (κ1) is 32.0. The van der Waals surface area contributed by atoms with Crippen LogP contribution in [0.25, 0.3) is 99.5 Å². The van der Waals surface area contributed by atoms with E-state index >= 15 is 0 Å². The van der Waals surface area contributed by atoms with Crippen molar-refractivity contribution < 1.29 is 0 Å². The zero-order valence-electron chi connectivity index (χ0n) is 30.7. The summed E-state index contributed by atoms with van der Waals surface area (Å²) in [6.45, 7) is 0. The normalized spacial score (nSPS) is 11.6. The molecular formula is C54H36N2. The first-order valence-corrected chi connectivity index (χ1v) is 19.3. The molecule has 0 N–H and O–H groups in total. The highest BCUT2D eigenvalue weighted by Gasteiger charge is 2.18. The van der Waals surface area contributed by atoms with Crippen LogP contribution in [0.1, 0.15) is 0 Å². The van der Waals surface area contributed by atoms with Gasteiger partial charge in [0.1, 0.15) is 0 Å². The van der Waals surface area contributed by atoms with Crippen molar-refractivity contribution in [2.75, 3.05) is 0 Å². The highest BCUT2D eigenvalue weighted by molar-refractivity contribution is 6.13. The second kappa shape index (κ2) is 13.2. The minimum absolute atomic E-state index is 1.16. The smallest absolute Gasteiger partial charge is 0.0541 e. The van der Waals surface area contributed by atoms with Crippen molar-refractivity contribution in [1.82, 2.24) is 9.13 Å². The van der Waals surface area contributed by atoms with Crippen LogP contribution in [-0.2, 0) is 0 Å². The Balaban J connectivity index is 1.08. The Morgan fingerprint density at radius 2 is 0.661 bits per heavy atom. The van der Waals surface area contributed by atoms with Gasteiger partial charge in [-0.15, -0.1) is 0 Å². The average molecular weight is 713 g/mol. The van der Waals surface area contributed by atoms with E-state index in [1.165, 1.54) is 93.8 Å². The largest absolute Gasteiger partial charge is 0.309 e. The molecule has 56 heavy (non-hydrogen) atoms. The first-order chi connectivity index (χ1) is 27.8. The summed E-state index contributed by atoms with van der Waals surface area (Å²) in [4.78, 5) is 0. The molecule has 2 aromatic heterocycles. The topological polar surface area (TPSA) is 9.86 Å². The minimum Gasteiger partial charge on any atom is -0.309 e. The SMILES string of the molecule is c1ccc(-c2ccc3c(c2)c2cc(-c4ccccc4)ccc2n3-c2ccccc2-c2cccc(-c3ccc4c(c3)c3ccccc3n4-c3ccccc3)c2)cc1. The van der Waals surface area contributed by atoms with Crippen LogP contribution in [-0.4, -0.2) is 9.13 Å². The molecule has 0 unspecified atom stereocenters. The molecular weight excluding hydrogens is 677 g/mol. The van der Waals surface area contributed by atoms with E-state index in [-0.39, 0.29) is 0 Å². The number of fused-ring (bicyclic) bond motifs is 6. The molecule has 0 spiro atoms. The summed E-state index contributed by atoms with van der Waals surface area (Å²) in [6, 6.07) is 79.4. The van der Waals surface area contributed by atoms with Crippen molar-refractivity contribution in [2.45, 2.75) is 0 Å². The Hall–Kier alpha value is -7.42. The van der Waals surface area contributed by atoms with E-state index in [4.69, 9.17) is 0 Å². The van der Waals surface area contributed by atoms with Gasteiger partial charge in [0.25, 0.3) is 0 Å². The van der Waals surface area contributed by atoms with Crippen molar-refractivity contribution in [3.63, 3.8) is 0 Å². The van der Waals surface area contributed by atoms with Crippen LogP contribution in [0, 0.1) is 0 Å². The molecule has 11 aromatic rings. The number of rotatable bonds is 6. The van der Waals surface area contributed by atoms with Gasteiger partial charge in [-0.3, -0.25) is 0 Å². The van der Waals surface area contributed by atoms with Crippen LogP contribution in [0.2, 0.25) is 0 Å². The summed E-state index contributed by atoms with van der Waals surface area (Å²) >= 11 is 0. The maximum absolute atomic E-state index is 2.46. The maximum Gasteiger partial charge on any atom is 0.0541 e. The van der Waals surface area contributed by atoms with Crippen molar-refractivity contribution >= 4 is 43.6 Å². The molecule has 2 heterocycles.